The van der Waals surface area contributed by atoms with E-state index in [-0.39, 0.29) is 6.61 Å². The van der Waals surface area contributed by atoms with Gasteiger partial charge >= 0.3 is 0 Å². The molecule has 0 saturated carbocycles. The Labute approximate surface area is 131 Å². The summed E-state index contributed by atoms with van der Waals surface area (Å²) < 4.78 is 0. The van der Waals surface area contributed by atoms with Gasteiger partial charge in [-0.05, 0) is 29.7 Å². The molecule has 0 unspecified atom stereocenters. The Morgan fingerprint density at radius 2 is 1.64 bits per heavy atom. The van der Waals surface area contributed by atoms with Gasteiger partial charge in [0.1, 0.15) is 0 Å². The predicted octanol–water partition coefficient (Wildman–Crippen LogP) is 1.82. The maximum absolute atomic E-state index is 11.1. The van der Waals surface area contributed by atoms with Crippen molar-refractivity contribution in [3.05, 3.63) is 71.3 Å². The van der Waals surface area contributed by atoms with Crippen LogP contribution in [0.4, 0.5) is 0 Å². The summed E-state index contributed by atoms with van der Waals surface area (Å²) in [5, 5.41) is 9.23. The van der Waals surface area contributed by atoms with E-state index in [0.29, 0.717) is 12.1 Å². The number of hydrogen-bond acceptors (Lipinski definition) is 3. The summed E-state index contributed by atoms with van der Waals surface area (Å²) in [7, 11) is 0. The van der Waals surface area contributed by atoms with Crippen LogP contribution in [0, 0.1) is 0 Å². The molecule has 116 valence electrons. The first-order valence-electron chi connectivity index (χ1n) is 7.45. The largest absolute Gasteiger partial charge is 0.395 e. The van der Waals surface area contributed by atoms with Gasteiger partial charge in [-0.15, -0.1) is 0 Å². The highest BCUT2D eigenvalue weighted by Gasteiger charge is 2.07. The molecule has 0 fully saturated rings. The van der Waals surface area contributed by atoms with Crippen molar-refractivity contribution in [1.29, 1.82) is 0 Å². The fraction of sp³-hybridized carbons (Fsp3) is 0.278. The van der Waals surface area contributed by atoms with Crippen LogP contribution in [-0.4, -0.2) is 35.6 Å². The van der Waals surface area contributed by atoms with Crippen molar-refractivity contribution < 1.29 is 9.90 Å². The van der Waals surface area contributed by atoms with E-state index < -0.39 is 5.91 Å². The molecule has 0 aliphatic rings. The summed E-state index contributed by atoms with van der Waals surface area (Å²) in [6.07, 6.45) is 0.945. The van der Waals surface area contributed by atoms with Gasteiger partial charge in [0.05, 0.1) is 6.61 Å². The van der Waals surface area contributed by atoms with Crippen LogP contribution < -0.4 is 5.73 Å². The Bertz CT molecular complexity index is 582. The average molecular weight is 298 g/mol. The lowest BCUT2D eigenvalue weighted by atomic mass is 10.1. The van der Waals surface area contributed by atoms with Crippen molar-refractivity contribution >= 4 is 5.91 Å². The van der Waals surface area contributed by atoms with Crippen LogP contribution in [0.2, 0.25) is 0 Å². The van der Waals surface area contributed by atoms with Gasteiger partial charge in [-0.3, -0.25) is 9.69 Å². The van der Waals surface area contributed by atoms with Crippen LogP contribution in [0.25, 0.3) is 0 Å². The van der Waals surface area contributed by atoms with E-state index in [2.05, 4.69) is 17.0 Å². The van der Waals surface area contributed by atoms with Gasteiger partial charge < -0.3 is 10.8 Å². The van der Waals surface area contributed by atoms with Crippen LogP contribution in [0.3, 0.4) is 0 Å². The molecule has 2 rings (SSSR count). The van der Waals surface area contributed by atoms with Gasteiger partial charge in [0.15, 0.2) is 0 Å². The zero-order chi connectivity index (χ0) is 15.8. The zero-order valence-corrected chi connectivity index (χ0v) is 12.6. The van der Waals surface area contributed by atoms with Gasteiger partial charge in [-0.2, -0.15) is 0 Å². The van der Waals surface area contributed by atoms with Crippen molar-refractivity contribution in [2.75, 3.05) is 19.7 Å². The number of aliphatic hydroxyl groups is 1. The summed E-state index contributed by atoms with van der Waals surface area (Å²) in [6, 6.07) is 17.6. The summed E-state index contributed by atoms with van der Waals surface area (Å²) in [5.41, 5.74) is 8.15. The number of nitrogens with zero attached hydrogens (tertiary/aromatic N) is 1. The quantitative estimate of drug-likeness (QED) is 0.781. The number of benzene rings is 2. The molecule has 4 heteroatoms. The number of aliphatic hydroxyl groups excluding tert-OH is 1. The van der Waals surface area contributed by atoms with Crippen molar-refractivity contribution in [2.24, 2.45) is 5.73 Å². The van der Waals surface area contributed by atoms with Crippen molar-refractivity contribution in [1.82, 2.24) is 4.90 Å². The van der Waals surface area contributed by atoms with E-state index in [4.69, 9.17) is 5.73 Å². The van der Waals surface area contributed by atoms with Gasteiger partial charge in [0.2, 0.25) is 5.91 Å². The second-order valence-electron chi connectivity index (χ2n) is 5.30. The molecule has 0 aliphatic carbocycles. The summed E-state index contributed by atoms with van der Waals surface area (Å²) >= 11 is 0. The third-order valence-electron chi connectivity index (χ3n) is 3.62. The third kappa shape index (κ3) is 4.98. The van der Waals surface area contributed by atoms with E-state index in [1.54, 1.807) is 12.1 Å². The van der Waals surface area contributed by atoms with E-state index in [1.807, 2.05) is 30.3 Å². The Morgan fingerprint density at radius 3 is 2.23 bits per heavy atom. The van der Waals surface area contributed by atoms with Crippen LogP contribution in [0.1, 0.15) is 21.5 Å². The standard InChI is InChI=1S/C18H22N2O2/c19-18(22)17-8-6-16(7-9-17)14-20(12-13-21)11-10-15-4-2-1-3-5-15/h1-9,21H,10-14H2,(H2,19,22). The average Bonchev–Trinajstić information content (AvgIpc) is 2.54. The highest BCUT2D eigenvalue weighted by atomic mass is 16.3. The van der Waals surface area contributed by atoms with Gasteiger partial charge in [0.25, 0.3) is 0 Å². The predicted molar refractivity (Wildman–Crippen MR) is 87.5 cm³/mol. The first kappa shape index (κ1) is 16.2. The fourth-order valence-electron chi connectivity index (χ4n) is 2.38. The normalized spacial score (nSPS) is 10.8. The number of primary amides is 1. The molecule has 22 heavy (non-hydrogen) atoms. The van der Waals surface area contributed by atoms with Crippen LogP contribution >= 0.6 is 0 Å². The fourth-order valence-corrected chi connectivity index (χ4v) is 2.38. The molecule has 2 aromatic rings. The summed E-state index contributed by atoms with van der Waals surface area (Å²) in [6.45, 7) is 2.38. The molecular formula is C18H22N2O2. The van der Waals surface area contributed by atoms with E-state index in [1.165, 1.54) is 5.56 Å². The first-order valence-corrected chi connectivity index (χ1v) is 7.45. The molecule has 0 radical (unpaired) electrons. The van der Waals surface area contributed by atoms with Gasteiger partial charge in [0, 0.05) is 25.2 Å². The molecule has 0 atom stereocenters. The maximum atomic E-state index is 11.1. The molecular weight excluding hydrogens is 276 g/mol. The van der Waals surface area contributed by atoms with E-state index >= 15 is 0 Å². The minimum Gasteiger partial charge on any atom is -0.395 e. The number of amides is 1. The number of nitrogens with two attached hydrogens (primary N) is 1. The molecule has 0 heterocycles. The number of carbonyl (C=O) groups excluding carboxylic acids is 1. The molecule has 3 N–H and O–H groups in total. The number of hydrogen-bond donors (Lipinski definition) is 2. The minimum atomic E-state index is -0.414. The topological polar surface area (TPSA) is 66.6 Å². The minimum absolute atomic E-state index is 0.133. The van der Waals surface area contributed by atoms with Gasteiger partial charge in [-0.25, -0.2) is 0 Å². The molecule has 0 bridgehead atoms. The molecule has 0 aliphatic heterocycles. The Balaban J connectivity index is 1.94. The van der Waals surface area contributed by atoms with Crippen LogP contribution in [-0.2, 0) is 13.0 Å². The Kier molecular flexibility index (Phi) is 6.13. The van der Waals surface area contributed by atoms with Crippen molar-refractivity contribution in [2.45, 2.75) is 13.0 Å². The molecule has 1 amide bonds. The Morgan fingerprint density at radius 1 is 0.955 bits per heavy atom. The molecule has 4 nitrogen and oxygen atoms in total. The summed E-state index contributed by atoms with van der Waals surface area (Å²) in [4.78, 5) is 13.3. The smallest absolute Gasteiger partial charge is 0.248 e. The second-order valence-corrected chi connectivity index (χ2v) is 5.30. The van der Waals surface area contributed by atoms with Gasteiger partial charge in [-0.1, -0.05) is 42.5 Å². The van der Waals surface area contributed by atoms with Crippen molar-refractivity contribution in [3.63, 3.8) is 0 Å². The number of carbonyl (C=O) groups is 1. The number of rotatable bonds is 8. The summed E-state index contributed by atoms with van der Waals surface area (Å²) in [5.74, 6) is -0.414. The second kappa shape index (κ2) is 8.32. The van der Waals surface area contributed by atoms with Crippen LogP contribution in [0.5, 0.6) is 0 Å². The Hall–Kier alpha value is -2.17. The maximum Gasteiger partial charge on any atom is 0.248 e. The van der Waals surface area contributed by atoms with Crippen LogP contribution in [0.15, 0.2) is 54.6 Å². The monoisotopic (exact) mass is 298 g/mol. The molecule has 0 spiro atoms. The highest BCUT2D eigenvalue weighted by molar-refractivity contribution is 5.92. The third-order valence-corrected chi connectivity index (χ3v) is 3.62. The molecule has 0 aromatic heterocycles. The molecule has 0 saturated heterocycles. The zero-order valence-electron chi connectivity index (χ0n) is 12.6. The lowest BCUT2D eigenvalue weighted by Crippen LogP contribution is -2.28. The lowest BCUT2D eigenvalue weighted by molar-refractivity contribution is 0.100. The lowest BCUT2D eigenvalue weighted by Gasteiger charge is -2.21. The highest BCUT2D eigenvalue weighted by Crippen LogP contribution is 2.09. The SMILES string of the molecule is NC(=O)c1ccc(CN(CCO)CCc2ccccc2)cc1. The van der Waals surface area contributed by atoms with Crippen molar-refractivity contribution in [3.8, 4) is 0 Å². The van der Waals surface area contributed by atoms with E-state index in [0.717, 1.165) is 25.1 Å². The first-order chi connectivity index (χ1) is 10.7. The molecule has 2 aromatic carbocycles. The van der Waals surface area contributed by atoms with E-state index in [9.17, 15) is 9.90 Å².